The molecule has 0 amide bonds. The van der Waals surface area contributed by atoms with E-state index in [0.29, 0.717) is 16.3 Å². The van der Waals surface area contributed by atoms with Crippen LogP contribution in [-0.2, 0) is 20.2 Å². The quantitative estimate of drug-likeness (QED) is 0.300. The highest BCUT2D eigenvalue weighted by Crippen LogP contribution is 2.37. The Labute approximate surface area is 171 Å². The molecule has 0 aliphatic heterocycles. The van der Waals surface area contributed by atoms with Gasteiger partial charge in [-0.3, -0.25) is 9.11 Å². The van der Waals surface area contributed by atoms with E-state index >= 15 is 0 Å². The number of nitrogens with zero attached hydrogens (tertiary/aromatic N) is 2. The molecule has 29 heavy (non-hydrogen) atoms. The van der Waals surface area contributed by atoms with Gasteiger partial charge >= 0.3 is 0 Å². The van der Waals surface area contributed by atoms with Gasteiger partial charge in [0.15, 0.2) is 0 Å². The summed E-state index contributed by atoms with van der Waals surface area (Å²) >= 11 is 6.01. The van der Waals surface area contributed by atoms with E-state index in [0.717, 1.165) is 12.1 Å². The molecule has 12 heteroatoms. The molecule has 0 radical (unpaired) electrons. The summed E-state index contributed by atoms with van der Waals surface area (Å²) in [5.41, 5.74) is 5.83. The molecule has 0 aliphatic carbocycles. The van der Waals surface area contributed by atoms with E-state index in [2.05, 4.69) is 10.2 Å². The second-order valence-corrected chi connectivity index (χ2v) is 9.26. The van der Waals surface area contributed by atoms with Crippen molar-refractivity contribution in [2.75, 3.05) is 5.73 Å². The Kier molecular flexibility index (Phi) is 5.36. The Hall–Kier alpha value is -2.57. The molecule has 0 saturated heterocycles. The largest absolute Gasteiger partial charge is 0.397 e. The molecule has 3 rings (SSSR count). The van der Waals surface area contributed by atoms with Crippen molar-refractivity contribution >= 4 is 59.7 Å². The van der Waals surface area contributed by atoms with E-state index in [1.165, 1.54) is 12.1 Å². The average Bonchev–Trinajstić information content (AvgIpc) is 2.62. The molecule has 0 aromatic heterocycles. The van der Waals surface area contributed by atoms with Gasteiger partial charge in [0.05, 0.1) is 11.4 Å². The van der Waals surface area contributed by atoms with Gasteiger partial charge in [0, 0.05) is 15.8 Å². The SMILES string of the molecule is Cc1cc(S(=O)(=O)O)c(N=Nc2cc(S(=O)(=O)O)c(N)c3ccccc23)cc1Cl. The molecule has 3 aromatic rings. The second-order valence-electron chi connectivity index (χ2n) is 6.07. The summed E-state index contributed by atoms with van der Waals surface area (Å²) in [5.74, 6) is 0. The molecule has 0 saturated carbocycles. The standard InChI is InChI=1S/C17H14ClN3O6S2/c1-9-6-15(28(22,23)24)14(7-12(9)18)21-20-13-8-16(29(25,26)27)17(19)11-5-3-2-4-10(11)13/h2-8H,19H2,1H3,(H,22,23,24)(H,25,26,27). The van der Waals surface area contributed by atoms with Crippen molar-refractivity contribution in [1.82, 2.24) is 0 Å². The van der Waals surface area contributed by atoms with Crippen LogP contribution in [0.25, 0.3) is 10.8 Å². The Morgan fingerprint density at radius 3 is 2.00 bits per heavy atom. The van der Waals surface area contributed by atoms with Gasteiger partial charge in [-0.1, -0.05) is 35.9 Å². The molecular weight excluding hydrogens is 442 g/mol. The first-order chi connectivity index (χ1) is 13.4. The summed E-state index contributed by atoms with van der Waals surface area (Å²) in [5, 5.41) is 8.65. The fraction of sp³-hybridized carbons (Fsp3) is 0.0588. The number of halogens is 1. The molecule has 0 fully saturated rings. The molecular formula is C17H14ClN3O6S2. The van der Waals surface area contributed by atoms with Crippen LogP contribution in [0.4, 0.5) is 17.1 Å². The molecule has 0 aliphatic rings. The lowest BCUT2D eigenvalue weighted by molar-refractivity contribution is 0.481. The molecule has 4 N–H and O–H groups in total. The molecule has 0 heterocycles. The molecule has 0 bridgehead atoms. The predicted molar refractivity (Wildman–Crippen MR) is 108 cm³/mol. The van der Waals surface area contributed by atoms with E-state index in [-0.39, 0.29) is 22.1 Å². The molecule has 152 valence electrons. The molecule has 0 spiro atoms. The zero-order valence-corrected chi connectivity index (χ0v) is 17.1. The molecule has 0 atom stereocenters. The fourth-order valence-corrected chi connectivity index (χ4v) is 4.18. The number of azo groups is 1. The van der Waals surface area contributed by atoms with Crippen molar-refractivity contribution < 1.29 is 25.9 Å². The van der Waals surface area contributed by atoms with Crippen LogP contribution in [0.2, 0.25) is 5.02 Å². The van der Waals surface area contributed by atoms with Gasteiger partial charge in [-0.2, -0.15) is 16.8 Å². The Morgan fingerprint density at radius 2 is 1.41 bits per heavy atom. The van der Waals surface area contributed by atoms with Crippen molar-refractivity contribution in [3.05, 3.63) is 53.1 Å². The average molecular weight is 456 g/mol. The number of nitrogens with two attached hydrogens (primary N) is 1. The summed E-state index contributed by atoms with van der Waals surface area (Å²) in [7, 11) is -9.28. The minimum atomic E-state index is -4.66. The number of fused-ring (bicyclic) bond motifs is 1. The zero-order valence-electron chi connectivity index (χ0n) is 14.7. The highest BCUT2D eigenvalue weighted by molar-refractivity contribution is 7.86. The molecule has 3 aromatic carbocycles. The van der Waals surface area contributed by atoms with Crippen molar-refractivity contribution in [2.24, 2.45) is 10.2 Å². The van der Waals surface area contributed by atoms with Gasteiger partial charge in [0.1, 0.15) is 15.5 Å². The topological polar surface area (TPSA) is 159 Å². The number of nitrogen functional groups attached to an aromatic ring is 1. The van der Waals surface area contributed by atoms with E-state index in [1.807, 2.05) is 0 Å². The highest BCUT2D eigenvalue weighted by Gasteiger charge is 2.20. The van der Waals surface area contributed by atoms with E-state index in [1.54, 1.807) is 25.1 Å². The normalized spacial score (nSPS) is 12.7. The van der Waals surface area contributed by atoms with Crippen LogP contribution in [0, 0.1) is 6.92 Å². The lowest BCUT2D eigenvalue weighted by Gasteiger charge is -2.09. The minimum absolute atomic E-state index is 0.000380. The maximum Gasteiger partial charge on any atom is 0.296 e. The van der Waals surface area contributed by atoms with Crippen LogP contribution in [0.15, 0.2) is 62.5 Å². The number of hydrogen-bond donors (Lipinski definition) is 3. The first-order valence-corrected chi connectivity index (χ1v) is 11.1. The van der Waals surface area contributed by atoms with Crippen molar-refractivity contribution in [3.8, 4) is 0 Å². The van der Waals surface area contributed by atoms with Gasteiger partial charge < -0.3 is 5.73 Å². The van der Waals surface area contributed by atoms with Crippen molar-refractivity contribution in [2.45, 2.75) is 16.7 Å². The van der Waals surface area contributed by atoms with Crippen LogP contribution in [0.3, 0.4) is 0 Å². The maximum atomic E-state index is 11.7. The second kappa shape index (κ2) is 7.35. The van der Waals surface area contributed by atoms with Crippen LogP contribution in [0.5, 0.6) is 0 Å². The fourth-order valence-electron chi connectivity index (χ4n) is 2.69. The van der Waals surface area contributed by atoms with Gasteiger partial charge in [-0.15, -0.1) is 10.2 Å². The third-order valence-corrected chi connectivity index (χ3v) is 6.27. The van der Waals surface area contributed by atoms with Gasteiger partial charge in [-0.05, 0) is 30.7 Å². The highest BCUT2D eigenvalue weighted by atomic mass is 35.5. The summed E-state index contributed by atoms with van der Waals surface area (Å²) < 4.78 is 65.5. The minimum Gasteiger partial charge on any atom is -0.397 e. The number of anilines is 1. The van der Waals surface area contributed by atoms with E-state index in [4.69, 9.17) is 17.3 Å². The van der Waals surface area contributed by atoms with Gasteiger partial charge in [0.2, 0.25) is 0 Å². The first kappa shape index (κ1) is 21.1. The van der Waals surface area contributed by atoms with Crippen LogP contribution in [0.1, 0.15) is 5.56 Å². The molecule has 0 unspecified atom stereocenters. The third-order valence-electron chi connectivity index (χ3n) is 4.09. The number of aryl methyl sites for hydroxylation is 1. The van der Waals surface area contributed by atoms with Crippen molar-refractivity contribution in [1.29, 1.82) is 0 Å². The lowest BCUT2D eigenvalue weighted by Crippen LogP contribution is -2.03. The smallest absolute Gasteiger partial charge is 0.296 e. The summed E-state index contributed by atoms with van der Waals surface area (Å²) in [4.78, 5) is -1.08. The number of rotatable bonds is 4. The first-order valence-electron chi connectivity index (χ1n) is 7.87. The summed E-state index contributed by atoms with van der Waals surface area (Å²) in [6, 6.07) is 9.75. The maximum absolute atomic E-state index is 11.7. The van der Waals surface area contributed by atoms with Crippen LogP contribution < -0.4 is 5.73 Å². The lowest BCUT2D eigenvalue weighted by atomic mass is 10.1. The Balaban J connectivity index is 2.28. The van der Waals surface area contributed by atoms with Crippen LogP contribution in [-0.4, -0.2) is 25.9 Å². The monoisotopic (exact) mass is 455 g/mol. The Bertz CT molecular complexity index is 1390. The van der Waals surface area contributed by atoms with E-state index in [9.17, 15) is 25.9 Å². The van der Waals surface area contributed by atoms with Crippen molar-refractivity contribution in [3.63, 3.8) is 0 Å². The van der Waals surface area contributed by atoms with Gasteiger partial charge in [0.25, 0.3) is 20.2 Å². The Morgan fingerprint density at radius 1 is 0.862 bits per heavy atom. The number of benzene rings is 3. The third kappa shape index (κ3) is 4.23. The number of hydrogen-bond acceptors (Lipinski definition) is 7. The predicted octanol–water partition coefficient (Wildman–Crippen LogP) is 4.29. The molecule has 9 nitrogen and oxygen atoms in total. The summed E-state index contributed by atoms with van der Waals surface area (Å²) in [6.45, 7) is 1.55. The van der Waals surface area contributed by atoms with Crippen LogP contribution >= 0.6 is 11.6 Å². The zero-order chi connectivity index (χ0) is 21.6. The summed E-state index contributed by atoms with van der Waals surface area (Å²) in [6.07, 6.45) is 0. The van der Waals surface area contributed by atoms with E-state index < -0.39 is 30.0 Å². The van der Waals surface area contributed by atoms with Gasteiger partial charge in [-0.25, -0.2) is 0 Å².